The molecule has 0 bridgehead atoms. The van der Waals surface area contributed by atoms with Gasteiger partial charge in [-0.15, -0.1) is 0 Å². The van der Waals surface area contributed by atoms with E-state index in [1.54, 1.807) is 14.2 Å². The van der Waals surface area contributed by atoms with Crippen molar-refractivity contribution in [1.82, 2.24) is 0 Å². The molecular weight excluding hydrogens is 290 g/mol. The zero-order valence-corrected chi connectivity index (χ0v) is 14.0. The van der Waals surface area contributed by atoms with Crippen LogP contribution in [0.5, 0.6) is 17.2 Å². The van der Waals surface area contributed by atoms with Crippen molar-refractivity contribution < 1.29 is 14.2 Å². The molecule has 0 aromatic heterocycles. The molecule has 4 heteroatoms. The van der Waals surface area contributed by atoms with Gasteiger partial charge in [0.1, 0.15) is 17.2 Å². The Morgan fingerprint density at radius 1 is 1.00 bits per heavy atom. The largest absolute Gasteiger partial charge is 0.497 e. The molecule has 0 aliphatic heterocycles. The molecule has 0 aliphatic carbocycles. The summed E-state index contributed by atoms with van der Waals surface area (Å²) in [5.74, 6) is 2.65. The molecule has 23 heavy (non-hydrogen) atoms. The first-order valence-corrected chi connectivity index (χ1v) is 7.79. The van der Waals surface area contributed by atoms with E-state index in [1.807, 2.05) is 36.4 Å². The first-order valence-electron chi connectivity index (χ1n) is 7.79. The summed E-state index contributed by atoms with van der Waals surface area (Å²) in [4.78, 5) is 0. The predicted molar refractivity (Wildman–Crippen MR) is 92.6 cm³/mol. The van der Waals surface area contributed by atoms with Gasteiger partial charge in [0, 0.05) is 12.0 Å². The Morgan fingerprint density at radius 2 is 1.83 bits per heavy atom. The quantitative estimate of drug-likeness (QED) is 0.810. The number of hydrogen-bond donors (Lipinski definition) is 1. The summed E-state index contributed by atoms with van der Waals surface area (Å²) in [7, 11) is 3.31. The molecule has 0 aliphatic rings. The van der Waals surface area contributed by atoms with Gasteiger partial charge in [-0.25, -0.2) is 0 Å². The van der Waals surface area contributed by atoms with Gasteiger partial charge < -0.3 is 19.9 Å². The monoisotopic (exact) mass is 315 g/mol. The third-order valence-electron chi connectivity index (χ3n) is 3.89. The SMILES string of the molecule is COc1ccc(C(CN)CCOc2cccc(C)c2)c(OC)c1. The first-order chi connectivity index (χ1) is 11.2. The van der Waals surface area contributed by atoms with Crippen LogP contribution in [-0.4, -0.2) is 27.4 Å². The molecular formula is C19H25NO3. The van der Waals surface area contributed by atoms with E-state index in [1.165, 1.54) is 5.56 Å². The molecule has 0 saturated carbocycles. The molecule has 2 aromatic rings. The van der Waals surface area contributed by atoms with E-state index in [2.05, 4.69) is 13.0 Å². The zero-order valence-electron chi connectivity index (χ0n) is 14.0. The van der Waals surface area contributed by atoms with Crippen LogP contribution in [-0.2, 0) is 0 Å². The van der Waals surface area contributed by atoms with Gasteiger partial charge in [0.2, 0.25) is 0 Å². The molecule has 0 amide bonds. The van der Waals surface area contributed by atoms with E-state index in [4.69, 9.17) is 19.9 Å². The fourth-order valence-electron chi connectivity index (χ4n) is 2.58. The Balaban J connectivity index is 2.02. The summed E-state index contributed by atoms with van der Waals surface area (Å²) < 4.78 is 16.6. The second-order valence-electron chi connectivity index (χ2n) is 5.49. The number of rotatable bonds is 8. The Bertz CT molecular complexity index is 628. The fraction of sp³-hybridized carbons (Fsp3) is 0.368. The van der Waals surface area contributed by atoms with Crippen molar-refractivity contribution in [3.63, 3.8) is 0 Å². The molecule has 1 unspecified atom stereocenters. The molecule has 124 valence electrons. The molecule has 0 heterocycles. The van der Waals surface area contributed by atoms with Crippen molar-refractivity contribution in [3.8, 4) is 17.2 Å². The molecule has 1 atom stereocenters. The van der Waals surface area contributed by atoms with Gasteiger partial charge in [-0.2, -0.15) is 0 Å². The van der Waals surface area contributed by atoms with Crippen molar-refractivity contribution in [3.05, 3.63) is 53.6 Å². The smallest absolute Gasteiger partial charge is 0.126 e. The van der Waals surface area contributed by atoms with E-state index in [0.717, 1.165) is 29.2 Å². The van der Waals surface area contributed by atoms with Crippen LogP contribution in [0, 0.1) is 6.92 Å². The highest BCUT2D eigenvalue weighted by molar-refractivity contribution is 5.43. The molecule has 0 fully saturated rings. The summed E-state index contributed by atoms with van der Waals surface area (Å²) in [5.41, 5.74) is 8.24. The number of hydrogen-bond acceptors (Lipinski definition) is 4. The Kier molecular flexibility index (Phi) is 6.29. The van der Waals surface area contributed by atoms with Crippen LogP contribution in [0.1, 0.15) is 23.5 Å². The Hall–Kier alpha value is -2.20. The van der Waals surface area contributed by atoms with Crippen molar-refractivity contribution in [2.24, 2.45) is 5.73 Å². The van der Waals surface area contributed by atoms with Crippen molar-refractivity contribution in [2.75, 3.05) is 27.4 Å². The average Bonchev–Trinajstić information content (AvgIpc) is 2.58. The lowest BCUT2D eigenvalue weighted by Gasteiger charge is -2.19. The van der Waals surface area contributed by atoms with Crippen LogP contribution in [0.3, 0.4) is 0 Å². The molecule has 2 N–H and O–H groups in total. The third-order valence-corrected chi connectivity index (χ3v) is 3.89. The van der Waals surface area contributed by atoms with E-state index < -0.39 is 0 Å². The molecule has 2 aromatic carbocycles. The summed E-state index contributed by atoms with van der Waals surface area (Å²) in [6.07, 6.45) is 0.827. The Labute approximate surface area is 138 Å². The minimum Gasteiger partial charge on any atom is -0.497 e. The standard InChI is InChI=1S/C19H25NO3/c1-14-5-4-6-17(11-14)23-10-9-15(13-20)18-8-7-16(21-2)12-19(18)22-3/h4-8,11-12,15H,9-10,13,20H2,1-3H3. The van der Waals surface area contributed by atoms with Gasteiger partial charge in [-0.3, -0.25) is 0 Å². The minimum absolute atomic E-state index is 0.181. The Morgan fingerprint density at radius 3 is 2.48 bits per heavy atom. The topological polar surface area (TPSA) is 53.7 Å². The second-order valence-corrected chi connectivity index (χ2v) is 5.49. The maximum absolute atomic E-state index is 5.96. The van der Waals surface area contributed by atoms with Crippen LogP contribution in [0.2, 0.25) is 0 Å². The fourth-order valence-corrected chi connectivity index (χ4v) is 2.58. The highest BCUT2D eigenvalue weighted by Crippen LogP contribution is 2.32. The van der Waals surface area contributed by atoms with E-state index in [-0.39, 0.29) is 5.92 Å². The van der Waals surface area contributed by atoms with Gasteiger partial charge in [0.15, 0.2) is 0 Å². The van der Waals surface area contributed by atoms with Crippen LogP contribution < -0.4 is 19.9 Å². The number of methoxy groups -OCH3 is 2. The first kappa shape index (κ1) is 17.2. The summed E-state index contributed by atoms with van der Waals surface area (Å²) in [5, 5.41) is 0. The highest BCUT2D eigenvalue weighted by Gasteiger charge is 2.16. The number of nitrogens with two attached hydrogens (primary N) is 1. The minimum atomic E-state index is 0.181. The molecule has 4 nitrogen and oxygen atoms in total. The van der Waals surface area contributed by atoms with Gasteiger partial charge >= 0.3 is 0 Å². The number of benzene rings is 2. The summed E-state index contributed by atoms with van der Waals surface area (Å²) >= 11 is 0. The van der Waals surface area contributed by atoms with Gasteiger partial charge in [-0.1, -0.05) is 18.2 Å². The zero-order chi connectivity index (χ0) is 16.7. The predicted octanol–water partition coefficient (Wildman–Crippen LogP) is 3.52. The number of ether oxygens (including phenoxy) is 3. The maximum Gasteiger partial charge on any atom is 0.126 e. The van der Waals surface area contributed by atoms with Crippen LogP contribution in [0.15, 0.2) is 42.5 Å². The average molecular weight is 315 g/mol. The van der Waals surface area contributed by atoms with Gasteiger partial charge in [-0.05, 0) is 49.2 Å². The van der Waals surface area contributed by atoms with Crippen molar-refractivity contribution in [1.29, 1.82) is 0 Å². The lowest BCUT2D eigenvalue weighted by molar-refractivity contribution is 0.296. The maximum atomic E-state index is 5.96. The lowest BCUT2D eigenvalue weighted by atomic mass is 9.95. The molecule has 0 saturated heterocycles. The van der Waals surface area contributed by atoms with Crippen LogP contribution in [0.25, 0.3) is 0 Å². The normalized spacial score (nSPS) is 11.8. The lowest BCUT2D eigenvalue weighted by Crippen LogP contribution is -2.16. The van der Waals surface area contributed by atoms with Crippen molar-refractivity contribution in [2.45, 2.75) is 19.3 Å². The van der Waals surface area contributed by atoms with E-state index in [9.17, 15) is 0 Å². The van der Waals surface area contributed by atoms with Gasteiger partial charge in [0.05, 0.1) is 20.8 Å². The molecule has 0 radical (unpaired) electrons. The molecule has 2 rings (SSSR count). The summed E-state index contributed by atoms with van der Waals surface area (Å²) in [6, 6.07) is 13.9. The van der Waals surface area contributed by atoms with Gasteiger partial charge in [0.25, 0.3) is 0 Å². The van der Waals surface area contributed by atoms with E-state index >= 15 is 0 Å². The number of aryl methyl sites for hydroxylation is 1. The van der Waals surface area contributed by atoms with Crippen molar-refractivity contribution >= 4 is 0 Å². The van der Waals surface area contributed by atoms with Crippen LogP contribution in [0.4, 0.5) is 0 Å². The van der Waals surface area contributed by atoms with Crippen LogP contribution >= 0.6 is 0 Å². The second kappa shape index (κ2) is 8.44. The molecule has 0 spiro atoms. The third kappa shape index (κ3) is 4.63. The summed E-state index contributed by atoms with van der Waals surface area (Å²) in [6.45, 7) is 3.21. The van der Waals surface area contributed by atoms with E-state index in [0.29, 0.717) is 13.2 Å². The highest BCUT2D eigenvalue weighted by atomic mass is 16.5.